The third-order valence-electron chi connectivity index (χ3n) is 4.57. The van der Waals surface area contributed by atoms with Gasteiger partial charge < -0.3 is 16.0 Å². The van der Waals surface area contributed by atoms with Crippen LogP contribution in [0.3, 0.4) is 0 Å². The first kappa shape index (κ1) is 13.4. The van der Waals surface area contributed by atoms with E-state index < -0.39 is 0 Å². The number of benzene rings is 1. The van der Waals surface area contributed by atoms with Crippen molar-refractivity contribution in [3.8, 4) is 0 Å². The van der Waals surface area contributed by atoms with Gasteiger partial charge in [0.1, 0.15) is 0 Å². The second-order valence-corrected chi connectivity index (χ2v) is 6.03. The number of carbonyl (C=O) groups is 1. The van der Waals surface area contributed by atoms with E-state index in [1.807, 2.05) is 12.1 Å². The number of nitrogens with one attached hydrogen (secondary N) is 1. The summed E-state index contributed by atoms with van der Waals surface area (Å²) < 4.78 is 0. The molecule has 0 spiro atoms. The van der Waals surface area contributed by atoms with Crippen LogP contribution in [0.4, 0.5) is 11.4 Å². The Labute approximate surface area is 120 Å². The number of anilines is 2. The van der Waals surface area contributed by atoms with E-state index >= 15 is 0 Å². The van der Waals surface area contributed by atoms with Crippen molar-refractivity contribution in [2.75, 3.05) is 29.9 Å². The van der Waals surface area contributed by atoms with E-state index in [2.05, 4.69) is 22.3 Å². The Hall–Kier alpha value is -1.55. The lowest BCUT2D eigenvalue weighted by atomic mass is 10.1. The molecule has 0 unspecified atom stereocenters. The van der Waals surface area contributed by atoms with Crippen molar-refractivity contribution in [1.29, 1.82) is 0 Å². The quantitative estimate of drug-likeness (QED) is 0.885. The van der Waals surface area contributed by atoms with Crippen LogP contribution >= 0.6 is 0 Å². The van der Waals surface area contributed by atoms with Gasteiger partial charge in [0.15, 0.2) is 0 Å². The van der Waals surface area contributed by atoms with Gasteiger partial charge in [0.2, 0.25) is 5.91 Å². The van der Waals surface area contributed by atoms with Crippen molar-refractivity contribution in [1.82, 2.24) is 0 Å². The molecule has 20 heavy (non-hydrogen) atoms. The van der Waals surface area contributed by atoms with Gasteiger partial charge >= 0.3 is 0 Å². The molecular weight excluding hydrogens is 250 g/mol. The molecule has 3 rings (SSSR count). The van der Waals surface area contributed by atoms with Gasteiger partial charge in [-0.05, 0) is 56.4 Å². The number of rotatable bonds is 4. The molecule has 2 aliphatic rings. The largest absolute Gasteiger partial charge is 0.372 e. The molecule has 1 amide bonds. The lowest BCUT2D eigenvalue weighted by Gasteiger charge is -2.28. The summed E-state index contributed by atoms with van der Waals surface area (Å²) >= 11 is 0. The summed E-state index contributed by atoms with van der Waals surface area (Å²) in [5, 5.41) is 2.99. The summed E-state index contributed by atoms with van der Waals surface area (Å²) in [6.07, 6.45) is 5.73. The maximum Gasteiger partial charge on any atom is 0.231 e. The van der Waals surface area contributed by atoms with E-state index in [9.17, 15) is 4.79 Å². The summed E-state index contributed by atoms with van der Waals surface area (Å²) in [6.45, 7) is 2.73. The van der Waals surface area contributed by atoms with E-state index in [4.69, 9.17) is 5.73 Å². The van der Waals surface area contributed by atoms with E-state index in [1.54, 1.807) is 0 Å². The van der Waals surface area contributed by atoms with Gasteiger partial charge in [-0.15, -0.1) is 0 Å². The van der Waals surface area contributed by atoms with Crippen LogP contribution < -0.4 is 16.0 Å². The van der Waals surface area contributed by atoms with Crippen LogP contribution in [0.1, 0.15) is 32.1 Å². The highest BCUT2D eigenvalue weighted by Gasteiger charge is 2.48. The molecule has 0 aromatic heterocycles. The highest BCUT2D eigenvalue weighted by molar-refractivity contribution is 5.97. The number of amides is 1. The molecule has 0 atom stereocenters. The summed E-state index contributed by atoms with van der Waals surface area (Å²) in [5.41, 5.74) is 7.51. The fourth-order valence-corrected chi connectivity index (χ4v) is 2.85. The fourth-order valence-electron chi connectivity index (χ4n) is 2.85. The summed E-state index contributed by atoms with van der Waals surface area (Å²) in [5.74, 6) is 0.0747. The Balaban J connectivity index is 1.62. The number of piperidine rings is 1. The Morgan fingerprint density at radius 2 is 1.80 bits per heavy atom. The molecule has 4 nitrogen and oxygen atoms in total. The topological polar surface area (TPSA) is 58.4 Å². The molecule has 1 aromatic carbocycles. The SMILES string of the molecule is NCC1(C(=O)Nc2ccc(N3CCCCC3)cc2)CC1. The lowest BCUT2D eigenvalue weighted by molar-refractivity contribution is -0.120. The molecule has 0 radical (unpaired) electrons. The predicted octanol–water partition coefficient (Wildman–Crippen LogP) is 2.35. The second kappa shape index (κ2) is 5.44. The minimum atomic E-state index is -0.286. The van der Waals surface area contributed by atoms with Gasteiger partial charge in [-0.2, -0.15) is 0 Å². The van der Waals surface area contributed by atoms with Gasteiger partial charge in [0.05, 0.1) is 5.41 Å². The second-order valence-electron chi connectivity index (χ2n) is 6.03. The molecule has 1 aliphatic carbocycles. The molecule has 3 N–H and O–H groups in total. The van der Waals surface area contributed by atoms with E-state index in [-0.39, 0.29) is 11.3 Å². The Morgan fingerprint density at radius 3 is 2.35 bits per heavy atom. The summed E-state index contributed by atoms with van der Waals surface area (Å²) in [4.78, 5) is 14.5. The molecule has 0 bridgehead atoms. The average Bonchev–Trinajstić information content (AvgIpc) is 3.30. The van der Waals surface area contributed by atoms with Crippen molar-refractivity contribution in [3.05, 3.63) is 24.3 Å². The number of hydrogen-bond donors (Lipinski definition) is 2. The predicted molar refractivity (Wildman–Crippen MR) is 81.9 cm³/mol. The zero-order valence-corrected chi connectivity index (χ0v) is 11.9. The van der Waals surface area contributed by atoms with Crippen LogP contribution in [0.25, 0.3) is 0 Å². The minimum absolute atomic E-state index is 0.0747. The van der Waals surface area contributed by atoms with Gasteiger partial charge in [-0.3, -0.25) is 4.79 Å². The third-order valence-corrected chi connectivity index (χ3v) is 4.57. The zero-order chi connectivity index (χ0) is 14.0. The van der Waals surface area contributed by atoms with Crippen LogP contribution in [0.2, 0.25) is 0 Å². The first-order valence-electron chi connectivity index (χ1n) is 7.60. The Morgan fingerprint density at radius 1 is 1.15 bits per heavy atom. The average molecular weight is 273 g/mol. The monoisotopic (exact) mass is 273 g/mol. The fraction of sp³-hybridized carbons (Fsp3) is 0.562. The Kier molecular flexibility index (Phi) is 3.66. The standard InChI is InChI=1S/C16H23N3O/c17-12-16(8-9-16)15(20)18-13-4-6-14(7-5-13)19-10-2-1-3-11-19/h4-7H,1-3,8-12,17H2,(H,18,20). The highest BCUT2D eigenvalue weighted by Crippen LogP contribution is 2.45. The number of hydrogen-bond acceptors (Lipinski definition) is 3. The Bertz CT molecular complexity index is 473. The molecular formula is C16H23N3O. The number of carbonyl (C=O) groups excluding carboxylic acids is 1. The molecule has 2 fully saturated rings. The molecule has 4 heteroatoms. The lowest BCUT2D eigenvalue weighted by Crippen LogP contribution is -2.31. The molecule has 1 aliphatic heterocycles. The molecule has 1 heterocycles. The summed E-state index contributed by atoms with van der Waals surface area (Å²) in [6, 6.07) is 8.19. The van der Waals surface area contributed by atoms with Crippen LogP contribution in [0.5, 0.6) is 0 Å². The summed E-state index contributed by atoms with van der Waals surface area (Å²) in [7, 11) is 0. The number of nitrogens with zero attached hydrogens (tertiary/aromatic N) is 1. The first-order chi connectivity index (χ1) is 9.73. The number of nitrogens with two attached hydrogens (primary N) is 1. The van der Waals surface area contributed by atoms with Crippen molar-refractivity contribution < 1.29 is 4.79 Å². The normalized spacial score (nSPS) is 20.6. The third kappa shape index (κ3) is 2.66. The maximum absolute atomic E-state index is 12.1. The van der Waals surface area contributed by atoms with Crippen LogP contribution in [-0.4, -0.2) is 25.5 Å². The molecule has 1 saturated carbocycles. The van der Waals surface area contributed by atoms with Gasteiger partial charge in [0.25, 0.3) is 0 Å². The van der Waals surface area contributed by atoms with Gasteiger partial charge in [0, 0.05) is 31.0 Å². The molecule has 108 valence electrons. The van der Waals surface area contributed by atoms with Crippen molar-refractivity contribution in [2.24, 2.45) is 11.1 Å². The minimum Gasteiger partial charge on any atom is -0.372 e. The highest BCUT2D eigenvalue weighted by atomic mass is 16.2. The van der Waals surface area contributed by atoms with Crippen molar-refractivity contribution in [3.63, 3.8) is 0 Å². The molecule has 1 saturated heterocycles. The van der Waals surface area contributed by atoms with E-state index in [0.717, 1.165) is 31.6 Å². The van der Waals surface area contributed by atoms with Gasteiger partial charge in [-0.25, -0.2) is 0 Å². The maximum atomic E-state index is 12.1. The van der Waals surface area contributed by atoms with Crippen molar-refractivity contribution >= 4 is 17.3 Å². The van der Waals surface area contributed by atoms with E-state index in [0.29, 0.717) is 6.54 Å². The van der Waals surface area contributed by atoms with Gasteiger partial charge in [-0.1, -0.05) is 0 Å². The van der Waals surface area contributed by atoms with E-state index in [1.165, 1.54) is 24.9 Å². The smallest absolute Gasteiger partial charge is 0.231 e. The van der Waals surface area contributed by atoms with Crippen LogP contribution in [-0.2, 0) is 4.79 Å². The molecule has 1 aromatic rings. The first-order valence-corrected chi connectivity index (χ1v) is 7.60. The zero-order valence-electron chi connectivity index (χ0n) is 11.9. The van der Waals surface area contributed by atoms with Crippen LogP contribution in [0, 0.1) is 5.41 Å². The van der Waals surface area contributed by atoms with Crippen molar-refractivity contribution in [2.45, 2.75) is 32.1 Å². The van der Waals surface area contributed by atoms with Crippen LogP contribution in [0.15, 0.2) is 24.3 Å².